The molecule has 0 aliphatic heterocycles. The van der Waals surface area contributed by atoms with Gasteiger partial charge in [-0.1, -0.05) is 0 Å². The van der Waals surface area contributed by atoms with Gasteiger partial charge < -0.3 is 0 Å². The maximum absolute atomic E-state index is 11.9. The average Bonchev–Trinajstić information content (AvgIpc) is 2.78. The van der Waals surface area contributed by atoms with Crippen LogP contribution in [0.25, 0.3) is 0 Å². The molecule has 84 valence electrons. The number of rotatable bonds is 4. The fraction of sp³-hybridized carbons (Fsp3) is 0.556. The molecule has 1 aliphatic rings. The molecule has 1 aromatic rings. The fourth-order valence-electron chi connectivity index (χ4n) is 1.31. The van der Waals surface area contributed by atoms with Gasteiger partial charge in [-0.15, -0.1) is 22.9 Å². The highest BCUT2D eigenvalue weighted by atomic mass is 35.5. The molecule has 15 heavy (non-hydrogen) atoms. The van der Waals surface area contributed by atoms with Gasteiger partial charge >= 0.3 is 0 Å². The van der Waals surface area contributed by atoms with E-state index >= 15 is 0 Å². The van der Waals surface area contributed by atoms with E-state index in [4.69, 9.17) is 11.6 Å². The van der Waals surface area contributed by atoms with Crippen LogP contribution in [0.3, 0.4) is 0 Å². The molecular weight excluding hydrogens is 254 g/mol. The Hall–Kier alpha value is -0.100. The highest BCUT2D eigenvalue weighted by Gasteiger charge is 2.45. The van der Waals surface area contributed by atoms with Crippen molar-refractivity contribution in [1.82, 2.24) is 4.72 Å². The van der Waals surface area contributed by atoms with Crippen molar-refractivity contribution in [2.75, 3.05) is 5.88 Å². The van der Waals surface area contributed by atoms with Crippen molar-refractivity contribution < 1.29 is 8.42 Å². The molecule has 3 nitrogen and oxygen atoms in total. The Morgan fingerprint density at radius 3 is 2.60 bits per heavy atom. The molecule has 0 amide bonds. The summed E-state index contributed by atoms with van der Waals surface area (Å²) in [7, 11) is -3.36. The van der Waals surface area contributed by atoms with Crippen LogP contribution >= 0.6 is 22.9 Å². The van der Waals surface area contributed by atoms with Gasteiger partial charge in [-0.05, 0) is 31.9 Å². The molecule has 2 rings (SSSR count). The van der Waals surface area contributed by atoms with E-state index in [1.165, 1.54) is 11.3 Å². The van der Waals surface area contributed by atoms with Crippen LogP contribution in [0.2, 0.25) is 0 Å². The minimum absolute atomic E-state index is 0.344. The van der Waals surface area contributed by atoms with E-state index < -0.39 is 10.0 Å². The lowest BCUT2D eigenvalue weighted by atomic mass is 10.4. The molecular formula is C9H12ClNO2S2. The Kier molecular flexibility index (Phi) is 2.83. The van der Waals surface area contributed by atoms with Crippen molar-refractivity contribution in [1.29, 1.82) is 0 Å². The lowest BCUT2D eigenvalue weighted by molar-refractivity contribution is 0.561. The van der Waals surface area contributed by atoms with Gasteiger partial charge in [0.05, 0.1) is 0 Å². The van der Waals surface area contributed by atoms with Crippen LogP contribution in [-0.4, -0.2) is 19.8 Å². The lowest BCUT2D eigenvalue weighted by Crippen LogP contribution is -2.37. The maximum Gasteiger partial charge on any atom is 0.250 e. The molecule has 1 aliphatic carbocycles. The number of halogens is 1. The average molecular weight is 266 g/mol. The zero-order valence-electron chi connectivity index (χ0n) is 8.29. The second kappa shape index (κ2) is 3.73. The molecule has 1 saturated carbocycles. The molecule has 0 bridgehead atoms. The van der Waals surface area contributed by atoms with E-state index in [1.54, 1.807) is 12.1 Å². The minimum atomic E-state index is -3.36. The molecule has 1 N–H and O–H groups in total. The van der Waals surface area contributed by atoms with Crippen LogP contribution in [0.4, 0.5) is 0 Å². The fourth-order valence-corrected chi connectivity index (χ4v) is 4.46. The first-order valence-electron chi connectivity index (χ1n) is 4.64. The summed E-state index contributed by atoms with van der Waals surface area (Å²) in [6, 6.07) is 3.44. The normalized spacial score (nSPS) is 19.1. The summed E-state index contributed by atoms with van der Waals surface area (Å²) in [4.78, 5) is 0.992. The van der Waals surface area contributed by atoms with Gasteiger partial charge in [0, 0.05) is 16.3 Å². The third-order valence-corrected chi connectivity index (χ3v) is 6.02. The number of sulfonamides is 1. The molecule has 1 aromatic heterocycles. The number of thiophene rings is 1. The van der Waals surface area contributed by atoms with Crippen molar-refractivity contribution in [3.8, 4) is 0 Å². The van der Waals surface area contributed by atoms with Crippen LogP contribution in [0.5, 0.6) is 0 Å². The van der Waals surface area contributed by atoms with Gasteiger partial charge in [0.2, 0.25) is 0 Å². The van der Waals surface area contributed by atoms with E-state index in [0.717, 1.165) is 17.7 Å². The molecule has 1 heterocycles. The zero-order chi connectivity index (χ0) is 11.1. The topological polar surface area (TPSA) is 46.2 Å². The van der Waals surface area contributed by atoms with Gasteiger partial charge in [0.1, 0.15) is 4.21 Å². The van der Waals surface area contributed by atoms with Crippen molar-refractivity contribution in [2.24, 2.45) is 0 Å². The van der Waals surface area contributed by atoms with Crippen LogP contribution in [0.1, 0.15) is 17.7 Å². The van der Waals surface area contributed by atoms with E-state index in [9.17, 15) is 8.42 Å². The molecule has 0 radical (unpaired) electrons. The van der Waals surface area contributed by atoms with E-state index in [-0.39, 0.29) is 5.54 Å². The number of hydrogen-bond acceptors (Lipinski definition) is 3. The summed E-state index contributed by atoms with van der Waals surface area (Å²) >= 11 is 7.01. The van der Waals surface area contributed by atoms with E-state index in [0.29, 0.717) is 10.1 Å². The molecule has 0 atom stereocenters. The largest absolute Gasteiger partial charge is 0.250 e. The summed E-state index contributed by atoms with van der Waals surface area (Å²) in [6.45, 7) is 1.89. The number of aryl methyl sites for hydroxylation is 1. The molecule has 0 spiro atoms. The second-order valence-electron chi connectivity index (χ2n) is 3.88. The molecule has 6 heteroatoms. The van der Waals surface area contributed by atoms with Gasteiger partial charge in [-0.3, -0.25) is 0 Å². The molecule has 0 saturated heterocycles. The highest BCUT2D eigenvalue weighted by molar-refractivity contribution is 7.91. The van der Waals surface area contributed by atoms with Crippen LogP contribution in [0, 0.1) is 6.92 Å². The Morgan fingerprint density at radius 2 is 2.20 bits per heavy atom. The first-order chi connectivity index (χ1) is 6.97. The minimum Gasteiger partial charge on any atom is -0.206 e. The number of hydrogen-bond donors (Lipinski definition) is 1. The van der Waals surface area contributed by atoms with Gasteiger partial charge in [-0.2, -0.15) is 0 Å². The third kappa shape index (κ3) is 2.36. The Bertz CT molecular complexity index is 462. The quantitative estimate of drug-likeness (QED) is 0.848. The summed E-state index contributed by atoms with van der Waals surface area (Å²) in [6.07, 6.45) is 1.67. The lowest BCUT2D eigenvalue weighted by Gasteiger charge is -2.12. The molecule has 0 aromatic carbocycles. The SMILES string of the molecule is Cc1ccc(S(=O)(=O)NC2(CCl)CC2)s1. The Balaban J connectivity index is 2.21. The van der Waals surface area contributed by atoms with Gasteiger partial charge in [0.25, 0.3) is 10.0 Å². The molecule has 1 fully saturated rings. The first kappa shape index (κ1) is 11.4. The van der Waals surface area contributed by atoms with Crippen LogP contribution in [0.15, 0.2) is 16.3 Å². The summed E-state index contributed by atoms with van der Waals surface area (Å²) in [5, 5.41) is 0. The first-order valence-corrected chi connectivity index (χ1v) is 7.47. The van der Waals surface area contributed by atoms with Crippen molar-refractivity contribution in [3.63, 3.8) is 0 Å². The van der Waals surface area contributed by atoms with E-state index in [2.05, 4.69) is 4.72 Å². The molecule has 0 unspecified atom stereocenters. The Labute approximate surface area is 98.5 Å². The van der Waals surface area contributed by atoms with Crippen molar-refractivity contribution >= 4 is 33.0 Å². The predicted octanol–water partition coefficient (Wildman–Crippen LogP) is 2.11. The van der Waals surface area contributed by atoms with Crippen molar-refractivity contribution in [3.05, 3.63) is 17.0 Å². The Morgan fingerprint density at radius 1 is 1.53 bits per heavy atom. The highest BCUT2D eigenvalue weighted by Crippen LogP contribution is 2.38. The van der Waals surface area contributed by atoms with Gasteiger partial charge in [-0.25, -0.2) is 13.1 Å². The number of alkyl halides is 1. The van der Waals surface area contributed by atoms with Gasteiger partial charge in [0.15, 0.2) is 0 Å². The van der Waals surface area contributed by atoms with Crippen LogP contribution < -0.4 is 4.72 Å². The zero-order valence-corrected chi connectivity index (χ0v) is 10.7. The third-order valence-electron chi connectivity index (χ3n) is 2.44. The summed E-state index contributed by atoms with van der Waals surface area (Å²) < 4.78 is 26.8. The van der Waals surface area contributed by atoms with E-state index in [1.807, 2.05) is 6.92 Å². The standard InChI is InChI=1S/C9H12ClNO2S2/c1-7-2-3-8(14-7)15(12,13)11-9(6-10)4-5-9/h2-3,11H,4-6H2,1H3. The monoisotopic (exact) mass is 265 g/mol. The van der Waals surface area contributed by atoms with Crippen molar-refractivity contribution in [2.45, 2.75) is 29.5 Å². The maximum atomic E-state index is 11.9. The van der Waals surface area contributed by atoms with Crippen LogP contribution in [-0.2, 0) is 10.0 Å². The second-order valence-corrected chi connectivity index (χ2v) is 7.35. The predicted molar refractivity (Wildman–Crippen MR) is 62.1 cm³/mol. The summed E-state index contributed by atoms with van der Waals surface area (Å²) in [5.41, 5.74) is -0.377. The summed E-state index contributed by atoms with van der Waals surface area (Å²) in [5.74, 6) is 0.344. The number of nitrogens with one attached hydrogen (secondary N) is 1. The smallest absolute Gasteiger partial charge is 0.206 e.